The van der Waals surface area contributed by atoms with E-state index in [0.717, 1.165) is 40.3 Å². The van der Waals surface area contributed by atoms with Gasteiger partial charge in [0.25, 0.3) is 0 Å². The third kappa shape index (κ3) is 2.57. The maximum atomic E-state index is 10.7. The van der Waals surface area contributed by atoms with Gasteiger partial charge in [-0.3, -0.25) is 4.79 Å². The van der Waals surface area contributed by atoms with Crippen molar-refractivity contribution in [3.63, 3.8) is 0 Å². The number of carbonyl (C=O) groups excluding carboxylic acids is 1. The van der Waals surface area contributed by atoms with Gasteiger partial charge in [0.05, 0.1) is 15.6 Å². The van der Waals surface area contributed by atoms with Crippen molar-refractivity contribution in [3.8, 4) is 0 Å². The molecule has 0 amide bonds. The van der Waals surface area contributed by atoms with Crippen molar-refractivity contribution in [2.24, 2.45) is 0 Å². The van der Waals surface area contributed by atoms with Crippen LogP contribution in [-0.2, 0) is 12.8 Å². The second kappa shape index (κ2) is 4.89. The summed E-state index contributed by atoms with van der Waals surface area (Å²) in [6, 6.07) is 2.10. The second-order valence-electron chi connectivity index (χ2n) is 3.74. The van der Waals surface area contributed by atoms with E-state index in [1.54, 1.807) is 22.7 Å². The molecule has 0 bridgehead atoms. The molecule has 2 rings (SSSR count). The molecule has 84 valence electrons. The van der Waals surface area contributed by atoms with Crippen LogP contribution in [0.4, 0.5) is 0 Å². The van der Waals surface area contributed by atoms with Crippen molar-refractivity contribution < 1.29 is 4.79 Å². The fraction of sp³-hybridized carbons (Fsp3) is 0.333. The number of rotatable bonds is 4. The summed E-state index contributed by atoms with van der Waals surface area (Å²) in [5.41, 5.74) is 2.24. The van der Waals surface area contributed by atoms with Crippen LogP contribution in [0.1, 0.15) is 30.8 Å². The molecule has 16 heavy (non-hydrogen) atoms. The van der Waals surface area contributed by atoms with Gasteiger partial charge < -0.3 is 0 Å². The highest BCUT2D eigenvalue weighted by molar-refractivity contribution is 7.13. The molecular weight excluding hydrogens is 238 g/mol. The van der Waals surface area contributed by atoms with Crippen molar-refractivity contribution in [1.82, 2.24) is 4.98 Å². The molecule has 0 unspecified atom stereocenters. The Kier molecular flexibility index (Phi) is 3.51. The number of aldehydes is 1. The molecule has 2 aromatic rings. The zero-order chi connectivity index (χ0) is 11.5. The van der Waals surface area contributed by atoms with Crippen LogP contribution in [0.3, 0.4) is 0 Å². The van der Waals surface area contributed by atoms with Gasteiger partial charge in [0.2, 0.25) is 0 Å². The molecule has 0 spiro atoms. The Morgan fingerprint density at radius 3 is 2.75 bits per heavy atom. The number of aryl methyl sites for hydroxylation is 4. The Labute approximate surface area is 103 Å². The van der Waals surface area contributed by atoms with Gasteiger partial charge in [-0.15, -0.1) is 22.7 Å². The van der Waals surface area contributed by atoms with E-state index < -0.39 is 0 Å². The van der Waals surface area contributed by atoms with Crippen molar-refractivity contribution in [1.29, 1.82) is 0 Å². The molecule has 0 aliphatic carbocycles. The van der Waals surface area contributed by atoms with Gasteiger partial charge in [0.1, 0.15) is 0 Å². The van der Waals surface area contributed by atoms with Crippen LogP contribution in [0, 0.1) is 13.8 Å². The maximum Gasteiger partial charge on any atom is 0.160 e. The first-order chi connectivity index (χ1) is 7.69. The highest BCUT2D eigenvalue weighted by atomic mass is 32.1. The Morgan fingerprint density at radius 1 is 1.38 bits per heavy atom. The second-order valence-corrected chi connectivity index (χ2v) is 5.97. The lowest BCUT2D eigenvalue weighted by Gasteiger charge is -1.93. The molecule has 0 N–H and O–H groups in total. The summed E-state index contributed by atoms with van der Waals surface area (Å²) in [6.45, 7) is 4.00. The minimum atomic E-state index is 0.851. The highest BCUT2D eigenvalue weighted by Gasteiger charge is 2.05. The first-order valence-electron chi connectivity index (χ1n) is 5.14. The summed E-state index contributed by atoms with van der Waals surface area (Å²) in [6.07, 6.45) is 2.88. The quantitative estimate of drug-likeness (QED) is 0.779. The van der Waals surface area contributed by atoms with E-state index in [-0.39, 0.29) is 0 Å². The average molecular weight is 251 g/mol. The van der Waals surface area contributed by atoms with E-state index in [1.807, 2.05) is 13.8 Å². The summed E-state index contributed by atoms with van der Waals surface area (Å²) in [5, 5.41) is 3.22. The van der Waals surface area contributed by atoms with Gasteiger partial charge in [0, 0.05) is 10.3 Å². The van der Waals surface area contributed by atoms with Crippen LogP contribution in [0.2, 0.25) is 0 Å². The standard InChI is InChI=1S/C12H13NOS2/c1-8-5-11(16-12(8)6-14)4-3-10-7-15-9(2)13-10/h5-7H,3-4H2,1-2H3. The lowest BCUT2D eigenvalue weighted by atomic mass is 10.2. The number of carbonyl (C=O) groups is 1. The maximum absolute atomic E-state index is 10.7. The van der Waals surface area contributed by atoms with Crippen LogP contribution in [0.25, 0.3) is 0 Å². The minimum Gasteiger partial charge on any atom is -0.297 e. The van der Waals surface area contributed by atoms with Crippen molar-refractivity contribution >= 4 is 29.0 Å². The molecule has 0 atom stereocenters. The Bertz CT molecular complexity index is 499. The summed E-state index contributed by atoms with van der Waals surface area (Å²) in [5.74, 6) is 0. The van der Waals surface area contributed by atoms with Crippen LogP contribution < -0.4 is 0 Å². The third-order valence-corrected chi connectivity index (χ3v) is 4.45. The largest absolute Gasteiger partial charge is 0.297 e. The van der Waals surface area contributed by atoms with Crippen LogP contribution in [-0.4, -0.2) is 11.3 Å². The molecule has 0 aromatic carbocycles. The Balaban J connectivity index is 2.01. The summed E-state index contributed by atoms with van der Waals surface area (Å²) in [7, 11) is 0. The number of thiophene rings is 1. The van der Waals surface area contributed by atoms with Gasteiger partial charge in [-0.25, -0.2) is 4.98 Å². The van der Waals surface area contributed by atoms with Crippen LogP contribution in [0.5, 0.6) is 0 Å². The van der Waals surface area contributed by atoms with Gasteiger partial charge in [-0.05, 0) is 38.3 Å². The monoisotopic (exact) mass is 251 g/mol. The van der Waals surface area contributed by atoms with Crippen molar-refractivity contribution in [2.45, 2.75) is 26.7 Å². The highest BCUT2D eigenvalue weighted by Crippen LogP contribution is 2.21. The Hall–Kier alpha value is -1.00. The van der Waals surface area contributed by atoms with Crippen molar-refractivity contribution in [3.05, 3.63) is 37.5 Å². The average Bonchev–Trinajstić information content (AvgIpc) is 2.82. The minimum absolute atomic E-state index is 0.851. The van der Waals surface area contributed by atoms with Gasteiger partial charge in [-0.2, -0.15) is 0 Å². The van der Waals surface area contributed by atoms with Crippen LogP contribution >= 0.6 is 22.7 Å². The summed E-state index contributed by atoms with van der Waals surface area (Å²) in [4.78, 5) is 17.3. The molecule has 0 radical (unpaired) electrons. The van der Waals surface area contributed by atoms with E-state index >= 15 is 0 Å². The molecule has 2 heterocycles. The third-order valence-electron chi connectivity index (χ3n) is 2.41. The molecule has 0 aliphatic heterocycles. The lowest BCUT2D eigenvalue weighted by molar-refractivity contribution is 0.112. The van der Waals surface area contributed by atoms with E-state index in [4.69, 9.17) is 0 Å². The number of aromatic nitrogens is 1. The fourth-order valence-corrected chi connectivity index (χ4v) is 3.22. The molecule has 4 heteroatoms. The smallest absolute Gasteiger partial charge is 0.160 e. The number of nitrogens with zero attached hydrogens (tertiary/aromatic N) is 1. The zero-order valence-electron chi connectivity index (χ0n) is 9.32. The van der Waals surface area contributed by atoms with Gasteiger partial charge in [-0.1, -0.05) is 0 Å². The lowest BCUT2D eigenvalue weighted by Crippen LogP contribution is -1.88. The number of thiazole rings is 1. The Morgan fingerprint density at radius 2 is 2.19 bits per heavy atom. The molecule has 2 aromatic heterocycles. The van der Waals surface area contributed by atoms with Gasteiger partial charge >= 0.3 is 0 Å². The number of hydrogen-bond donors (Lipinski definition) is 0. The molecular formula is C12H13NOS2. The first-order valence-corrected chi connectivity index (χ1v) is 6.84. The molecule has 0 saturated carbocycles. The molecule has 0 saturated heterocycles. The SMILES string of the molecule is Cc1nc(CCc2cc(C)c(C=O)s2)cs1. The predicted molar refractivity (Wildman–Crippen MR) is 68.7 cm³/mol. The summed E-state index contributed by atoms with van der Waals surface area (Å²) >= 11 is 3.28. The van der Waals surface area contributed by atoms with E-state index in [0.29, 0.717) is 0 Å². The predicted octanol–water partition coefficient (Wildman–Crippen LogP) is 3.42. The zero-order valence-corrected chi connectivity index (χ0v) is 11.0. The number of hydrogen-bond acceptors (Lipinski definition) is 4. The first kappa shape index (κ1) is 11.5. The van der Waals surface area contributed by atoms with Crippen LogP contribution in [0.15, 0.2) is 11.4 Å². The van der Waals surface area contributed by atoms with E-state index in [2.05, 4.69) is 16.4 Å². The fourth-order valence-electron chi connectivity index (χ4n) is 1.58. The van der Waals surface area contributed by atoms with Crippen molar-refractivity contribution in [2.75, 3.05) is 0 Å². The van der Waals surface area contributed by atoms with Gasteiger partial charge in [0.15, 0.2) is 6.29 Å². The topological polar surface area (TPSA) is 30.0 Å². The molecule has 2 nitrogen and oxygen atoms in total. The molecule has 0 fully saturated rings. The summed E-state index contributed by atoms with van der Waals surface area (Å²) < 4.78 is 0. The normalized spacial score (nSPS) is 10.6. The van der Waals surface area contributed by atoms with E-state index in [9.17, 15) is 4.79 Å². The van der Waals surface area contributed by atoms with E-state index in [1.165, 1.54) is 4.88 Å². The molecule has 0 aliphatic rings.